The van der Waals surface area contributed by atoms with Crippen molar-refractivity contribution in [1.82, 2.24) is 19.6 Å². The molecular formula is C19H23N5OS. The molecular weight excluding hydrogens is 346 g/mol. The fraction of sp³-hybridized carbons (Fsp3) is 0.368. The number of thiazole rings is 1. The molecule has 1 aromatic carbocycles. The Balaban J connectivity index is 1.28. The van der Waals surface area contributed by atoms with Gasteiger partial charge in [-0.2, -0.15) is 0 Å². The third-order valence-corrected chi connectivity index (χ3v) is 5.34. The van der Waals surface area contributed by atoms with Crippen LogP contribution in [0.2, 0.25) is 0 Å². The number of fused-ring (bicyclic) bond motifs is 1. The van der Waals surface area contributed by atoms with E-state index in [0.717, 1.165) is 48.3 Å². The van der Waals surface area contributed by atoms with Crippen molar-refractivity contribution in [3.8, 4) is 5.75 Å². The molecule has 7 heteroatoms. The molecule has 0 atom stereocenters. The van der Waals surface area contributed by atoms with Crippen LogP contribution in [0.5, 0.6) is 5.75 Å². The van der Waals surface area contributed by atoms with Crippen LogP contribution in [0.4, 0.5) is 0 Å². The first-order valence-corrected chi connectivity index (χ1v) is 9.78. The van der Waals surface area contributed by atoms with Gasteiger partial charge in [0.05, 0.1) is 12.2 Å². The monoisotopic (exact) mass is 369 g/mol. The van der Waals surface area contributed by atoms with E-state index < -0.39 is 0 Å². The van der Waals surface area contributed by atoms with Gasteiger partial charge in [-0.3, -0.25) is 9.39 Å². The van der Waals surface area contributed by atoms with Crippen LogP contribution in [0, 0.1) is 0 Å². The van der Waals surface area contributed by atoms with Gasteiger partial charge in [-0.1, -0.05) is 18.2 Å². The van der Waals surface area contributed by atoms with Gasteiger partial charge in [0.2, 0.25) is 0 Å². The van der Waals surface area contributed by atoms with Crippen molar-refractivity contribution >= 4 is 22.3 Å². The number of benzene rings is 1. The van der Waals surface area contributed by atoms with Gasteiger partial charge in [-0.25, -0.2) is 4.98 Å². The number of ether oxygens (including phenoxy) is 1. The van der Waals surface area contributed by atoms with E-state index in [1.165, 1.54) is 0 Å². The number of para-hydroxylation sites is 1. The van der Waals surface area contributed by atoms with Gasteiger partial charge in [-0.05, 0) is 12.1 Å². The predicted molar refractivity (Wildman–Crippen MR) is 105 cm³/mol. The molecule has 2 aromatic heterocycles. The lowest BCUT2D eigenvalue weighted by molar-refractivity contribution is 0.129. The van der Waals surface area contributed by atoms with Crippen molar-refractivity contribution in [2.24, 2.45) is 4.99 Å². The number of nitrogens with one attached hydrogen (secondary N) is 1. The van der Waals surface area contributed by atoms with Gasteiger partial charge in [0.15, 0.2) is 10.9 Å². The summed E-state index contributed by atoms with van der Waals surface area (Å²) in [5, 5.41) is 5.48. The number of hydrogen-bond donors (Lipinski definition) is 1. The average Bonchev–Trinajstić information content (AvgIpc) is 3.26. The van der Waals surface area contributed by atoms with E-state index in [2.05, 4.69) is 30.8 Å². The van der Waals surface area contributed by atoms with Gasteiger partial charge in [0.1, 0.15) is 11.9 Å². The highest BCUT2D eigenvalue weighted by Gasteiger charge is 2.22. The number of nitrogens with zero attached hydrogens (tertiary/aromatic N) is 4. The largest absolute Gasteiger partial charge is 0.490 e. The first kappa shape index (κ1) is 16.9. The predicted octanol–water partition coefficient (Wildman–Crippen LogP) is 3.01. The summed E-state index contributed by atoms with van der Waals surface area (Å²) in [6, 6.07) is 10.1. The Hall–Kier alpha value is -2.54. The highest BCUT2D eigenvalue weighted by molar-refractivity contribution is 7.15. The minimum Gasteiger partial charge on any atom is -0.490 e. The summed E-state index contributed by atoms with van der Waals surface area (Å²) in [6.45, 7) is 2.56. The molecule has 1 saturated heterocycles. The summed E-state index contributed by atoms with van der Waals surface area (Å²) in [6.07, 6.45) is 6.35. The number of guanidine groups is 1. The van der Waals surface area contributed by atoms with E-state index >= 15 is 0 Å². The third kappa shape index (κ3) is 3.83. The topological polar surface area (TPSA) is 54.2 Å². The van der Waals surface area contributed by atoms with E-state index in [1.54, 1.807) is 11.3 Å². The number of rotatable bonds is 4. The van der Waals surface area contributed by atoms with Gasteiger partial charge in [0.25, 0.3) is 0 Å². The molecule has 0 saturated carbocycles. The number of imidazole rings is 1. The molecule has 0 unspecified atom stereocenters. The molecule has 6 nitrogen and oxygen atoms in total. The van der Waals surface area contributed by atoms with E-state index in [0.29, 0.717) is 6.54 Å². The average molecular weight is 369 g/mol. The van der Waals surface area contributed by atoms with Crippen LogP contribution < -0.4 is 10.1 Å². The summed E-state index contributed by atoms with van der Waals surface area (Å²) >= 11 is 1.65. The minimum absolute atomic E-state index is 0.270. The summed E-state index contributed by atoms with van der Waals surface area (Å²) < 4.78 is 8.12. The lowest BCUT2D eigenvalue weighted by Gasteiger charge is -2.34. The first-order chi connectivity index (χ1) is 12.8. The Morgan fingerprint density at radius 3 is 2.85 bits per heavy atom. The van der Waals surface area contributed by atoms with E-state index in [1.807, 2.05) is 49.0 Å². The van der Waals surface area contributed by atoms with E-state index in [-0.39, 0.29) is 6.10 Å². The highest BCUT2D eigenvalue weighted by atomic mass is 32.1. The van der Waals surface area contributed by atoms with Crippen LogP contribution in [0.25, 0.3) is 4.96 Å². The maximum absolute atomic E-state index is 6.07. The molecule has 0 bridgehead atoms. The summed E-state index contributed by atoms with van der Waals surface area (Å²) in [5.74, 6) is 1.88. The number of likely N-dealkylation sites (tertiary alicyclic amines) is 1. The Labute approximate surface area is 157 Å². The smallest absolute Gasteiger partial charge is 0.193 e. The van der Waals surface area contributed by atoms with Crippen LogP contribution in [0.3, 0.4) is 0 Å². The van der Waals surface area contributed by atoms with Crippen LogP contribution in [-0.4, -0.2) is 46.5 Å². The van der Waals surface area contributed by atoms with Gasteiger partial charge >= 0.3 is 0 Å². The molecule has 3 aromatic rings. The molecule has 1 N–H and O–H groups in total. The Morgan fingerprint density at radius 2 is 2.12 bits per heavy atom. The third-order valence-electron chi connectivity index (χ3n) is 4.57. The van der Waals surface area contributed by atoms with E-state index in [9.17, 15) is 0 Å². The van der Waals surface area contributed by atoms with Crippen molar-refractivity contribution in [3.63, 3.8) is 0 Å². The molecule has 0 radical (unpaired) electrons. The molecule has 136 valence electrons. The van der Waals surface area contributed by atoms with Crippen LogP contribution >= 0.6 is 11.3 Å². The molecule has 1 aliphatic rings. The zero-order valence-corrected chi connectivity index (χ0v) is 15.7. The molecule has 0 aliphatic carbocycles. The van der Waals surface area contributed by atoms with Crippen LogP contribution in [0.1, 0.15) is 18.5 Å². The van der Waals surface area contributed by atoms with Crippen molar-refractivity contribution < 1.29 is 4.74 Å². The quantitative estimate of drug-likeness (QED) is 0.567. The maximum atomic E-state index is 6.07. The Kier molecular flexibility index (Phi) is 5.06. The van der Waals surface area contributed by atoms with Gasteiger partial charge in [0, 0.05) is 50.8 Å². The van der Waals surface area contributed by atoms with Gasteiger partial charge in [-0.15, -0.1) is 11.3 Å². The first-order valence-electron chi connectivity index (χ1n) is 8.90. The maximum Gasteiger partial charge on any atom is 0.193 e. The fourth-order valence-corrected chi connectivity index (χ4v) is 3.96. The normalized spacial score (nSPS) is 16.2. The van der Waals surface area contributed by atoms with Gasteiger partial charge < -0.3 is 15.0 Å². The second-order valence-electron chi connectivity index (χ2n) is 6.34. The van der Waals surface area contributed by atoms with Crippen molar-refractivity contribution in [3.05, 3.63) is 53.8 Å². The van der Waals surface area contributed by atoms with Crippen LogP contribution in [-0.2, 0) is 6.54 Å². The molecule has 0 amide bonds. The fourth-order valence-electron chi connectivity index (χ4n) is 3.24. The number of hydrogen-bond acceptors (Lipinski definition) is 4. The Morgan fingerprint density at radius 1 is 1.31 bits per heavy atom. The summed E-state index contributed by atoms with van der Waals surface area (Å²) in [7, 11) is 1.83. The molecule has 1 fully saturated rings. The zero-order chi connectivity index (χ0) is 17.8. The van der Waals surface area contributed by atoms with Crippen molar-refractivity contribution in [1.29, 1.82) is 0 Å². The molecule has 3 heterocycles. The zero-order valence-electron chi connectivity index (χ0n) is 14.8. The summed E-state index contributed by atoms with van der Waals surface area (Å²) in [5.41, 5.74) is 1.03. The Bertz CT molecular complexity index is 836. The summed E-state index contributed by atoms with van der Waals surface area (Å²) in [4.78, 5) is 12.4. The van der Waals surface area contributed by atoms with Crippen LogP contribution in [0.15, 0.2) is 53.1 Å². The lowest BCUT2D eigenvalue weighted by atomic mass is 10.1. The molecule has 4 rings (SSSR count). The number of aromatic nitrogens is 2. The highest BCUT2D eigenvalue weighted by Crippen LogP contribution is 2.19. The van der Waals surface area contributed by atoms with Crippen molar-refractivity contribution in [2.45, 2.75) is 25.5 Å². The number of piperidine rings is 1. The minimum atomic E-state index is 0.270. The van der Waals surface area contributed by atoms with Crippen molar-refractivity contribution in [2.75, 3.05) is 20.1 Å². The lowest BCUT2D eigenvalue weighted by Crippen LogP contribution is -2.47. The SMILES string of the molecule is CN=C(NCc1cn2ccsc2n1)N1CCC(Oc2ccccc2)CC1. The molecule has 1 aliphatic heterocycles. The van der Waals surface area contributed by atoms with E-state index in [4.69, 9.17) is 4.74 Å². The molecule has 0 spiro atoms. The second kappa shape index (κ2) is 7.78. The standard InChI is InChI=1S/C19H23N5OS/c1-20-18(21-13-15-14-24-11-12-26-19(24)22-15)23-9-7-17(8-10-23)25-16-5-3-2-4-6-16/h2-6,11-12,14,17H,7-10,13H2,1H3,(H,20,21). The number of aliphatic imine (C=N–C) groups is 1. The molecule has 26 heavy (non-hydrogen) atoms. The second-order valence-corrected chi connectivity index (χ2v) is 7.22.